The predicted molar refractivity (Wildman–Crippen MR) is 90.4 cm³/mol. The highest BCUT2D eigenvalue weighted by atomic mass is 31.2. The van der Waals surface area contributed by atoms with Gasteiger partial charge < -0.3 is 14.6 Å². The van der Waals surface area contributed by atoms with Crippen molar-refractivity contribution in [2.24, 2.45) is 0 Å². The molecular weight excluding hydrogens is 390 g/mol. The Kier molecular flexibility index (Phi) is 8.78. The average Bonchev–Trinajstić information content (AvgIpc) is 2.58. The monoisotopic (exact) mass is 411 g/mol. The molecule has 0 aliphatic carbocycles. The SMILES string of the molecule is CCOC(=O)[C@H](C)OP(=O)(CCCNC(=O)C(F)(F)F)Oc1ccccc1. The second kappa shape index (κ2) is 10.3. The highest BCUT2D eigenvalue weighted by molar-refractivity contribution is 7.54. The number of para-hydroxylation sites is 1. The van der Waals surface area contributed by atoms with E-state index in [1.165, 1.54) is 19.1 Å². The molecule has 1 aromatic rings. The number of ether oxygens (including phenoxy) is 1. The lowest BCUT2D eigenvalue weighted by Crippen LogP contribution is -2.37. The molecule has 0 saturated carbocycles. The number of hydrogen-bond acceptors (Lipinski definition) is 6. The molecule has 0 aliphatic rings. The van der Waals surface area contributed by atoms with Crippen molar-refractivity contribution in [2.45, 2.75) is 32.5 Å². The molecule has 152 valence electrons. The second-order valence-electron chi connectivity index (χ2n) is 5.35. The molecule has 0 saturated heterocycles. The molecule has 1 amide bonds. The van der Waals surface area contributed by atoms with E-state index in [4.69, 9.17) is 13.8 Å². The molecular formula is C16H21F3NO6P. The molecule has 0 aromatic heterocycles. The van der Waals surface area contributed by atoms with Gasteiger partial charge in [-0.05, 0) is 32.4 Å². The third kappa shape index (κ3) is 8.45. The van der Waals surface area contributed by atoms with Gasteiger partial charge in [-0.25, -0.2) is 9.36 Å². The molecule has 7 nitrogen and oxygen atoms in total. The zero-order chi connectivity index (χ0) is 20.5. The van der Waals surface area contributed by atoms with E-state index >= 15 is 0 Å². The maximum Gasteiger partial charge on any atom is 0.471 e. The van der Waals surface area contributed by atoms with Crippen molar-refractivity contribution >= 4 is 19.5 Å². The topological polar surface area (TPSA) is 90.9 Å². The van der Waals surface area contributed by atoms with E-state index in [9.17, 15) is 27.3 Å². The minimum Gasteiger partial charge on any atom is -0.464 e. The molecule has 0 spiro atoms. The molecule has 0 fully saturated rings. The summed E-state index contributed by atoms with van der Waals surface area (Å²) in [5.74, 6) is -2.64. The minimum absolute atomic E-state index is 0.0971. The average molecular weight is 411 g/mol. The van der Waals surface area contributed by atoms with E-state index in [0.29, 0.717) is 0 Å². The lowest BCUT2D eigenvalue weighted by molar-refractivity contribution is -0.173. The summed E-state index contributed by atoms with van der Waals surface area (Å²) in [4.78, 5) is 22.5. The first-order valence-electron chi connectivity index (χ1n) is 8.11. The molecule has 0 aliphatic heterocycles. The van der Waals surface area contributed by atoms with E-state index in [1.807, 2.05) is 0 Å². The van der Waals surface area contributed by atoms with Gasteiger partial charge in [0.15, 0.2) is 6.10 Å². The van der Waals surface area contributed by atoms with Crippen LogP contribution >= 0.6 is 7.60 Å². The highest BCUT2D eigenvalue weighted by Crippen LogP contribution is 2.50. The van der Waals surface area contributed by atoms with Crippen LogP contribution in [0.4, 0.5) is 13.2 Å². The Labute approximate surface area is 154 Å². The van der Waals surface area contributed by atoms with Crippen molar-refractivity contribution in [2.75, 3.05) is 19.3 Å². The minimum atomic E-state index is -5.00. The van der Waals surface area contributed by atoms with Gasteiger partial charge in [0.1, 0.15) is 5.75 Å². The van der Waals surface area contributed by atoms with Crippen LogP contribution in [0.5, 0.6) is 5.75 Å². The molecule has 0 bridgehead atoms. The number of hydrogen-bond donors (Lipinski definition) is 1. The van der Waals surface area contributed by atoms with Crippen LogP contribution in [-0.4, -0.2) is 43.5 Å². The summed E-state index contributed by atoms with van der Waals surface area (Å²) in [5.41, 5.74) is 0. The molecule has 1 N–H and O–H groups in total. The largest absolute Gasteiger partial charge is 0.471 e. The van der Waals surface area contributed by atoms with E-state index in [-0.39, 0.29) is 24.9 Å². The fourth-order valence-corrected chi connectivity index (χ4v) is 3.68. The number of carbonyl (C=O) groups excluding carboxylic acids is 2. The quantitative estimate of drug-likeness (QED) is 0.361. The van der Waals surface area contributed by atoms with Crippen LogP contribution in [0.15, 0.2) is 30.3 Å². The van der Waals surface area contributed by atoms with Gasteiger partial charge >= 0.3 is 25.6 Å². The zero-order valence-corrected chi connectivity index (χ0v) is 15.7. The van der Waals surface area contributed by atoms with Crippen LogP contribution in [0, 0.1) is 0 Å². The van der Waals surface area contributed by atoms with Gasteiger partial charge in [0, 0.05) is 6.54 Å². The lowest BCUT2D eigenvalue weighted by Gasteiger charge is -2.22. The Morgan fingerprint density at radius 2 is 1.85 bits per heavy atom. The summed E-state index contributed by atoms with van der Waals surface area (Å²) in [6, 6.07) is 7.97. The van der Waals surface area contributed by atoms with Gasteiger partial charge in [-0.15, -0.1) is 0 Å². The van der Waals surface area contributed by atoms with Crippen LogP contribution in [0.1, 0.15) is 20.3 Å². The summed E-state index contributed by atoms with van der Waals surface area (Å²) in [6.45, 7) is 2.62. The van der Waals surface area contributed by atoms with E-state index in [0.717, 1.165) is 0 Å². The molecule has 1 unspecified atom stereocenters. The second-order valence-corrected chi connectivity index (χ2v) is 7.41. The van der Waals surface area contributed by atoms with Gasteiger partial charge in [0.25, 0.3) is 0 Å². The molecule has 1 aromatic carbocycles. The number of amides is 1. The number of carbonyl (C=O) groups is 2. The van der Waals surface area contributed by atoms with Crippen molar-refractivity contribution in [1.29, 1.82) is 0 Å². The van der Waals surface area contributed by atoms with Crippen LogP contribution in [0.2, 0.25) is 0 Å². The third-order valence-corrected chi connectivity index (χ3v) is 5.07. The lowest BCUT2D eigenvalue weighted by atomic mass is 10.3. The summed E-state index contributed by atoms with van der Waals surface area (Å²) >= 11 is 0. The van der Waals surface area contributed by atoms with Gasteiger partial charge in [-0.1, -0.05) is 18.2 Å². The van der Waals surface area contributed by atoms with Crippen LogP contribution in [0.25, 0.3) is 0 Å². The van der Waals surface area contributed by atoms with Crippen molar-refractivity contribution in [3.8, 4) is 5.75 Å². The molecule has 0 radical (unpaired) electrons. The van der Waals surface area contributed by atoms with Crippen molar-refractivity contribution in [1.82, 2.24) is 5.32 Å². The predicted octanol–water partition coefficient (Wildman–Crippen LogP) is 3.30. The molecule has 0 heterocycles. The fraction of sp³-hybridized carbons (Fsp3) is 0.500. The van der Waals surface area contributed by atoms with Gasteiger partial charge in [0.05, 0.1) is 12.8 Å². The Balaban J connectivity index is 2.74. The zero-order valence-electron chi connectivity index (χ0n) is 14.8. The van der Waals surface area contributed by atoms with Gasteiger partial charge in [0.2, 0.25) is 0 Å². The molecule has 11 heteroatoms. The first-order valence-corrected chi connectivity index (χ1v) is 9.84. The van der Waals surface area contributed by atoms with Crippen molar-refractivity contribution < 1.29 is 41.1 Å². The Hall–Kier alpha value is -2.06. The summed E-state index contributed by atoms with van der Waals surface area (Å²) in [5, 5.41) is 1.67. The summed E-state index contributed by atoms with van der Waals surface area (Å²) in [6.07, 6.45) is -6.64. The third-order valence-electron chi connectivity index (χ3n) is 3.08. The Morgan fingerprint density at radius 1 is 1.22 bits per heavy atom. The maximum absolute atomic E-state index is 13.0. The number of halogens is 3. The number of benzene rings is 1. The standard InChI is InChI=1S/C16H21F3NO6P/c1-3-24-14(21)12(2)25-27(23,26-13-8-5-4-6-9-13)11-7-10-20-15(22)16(17,18)19/h4-6,8-9,12H,3,7,10-11H2,1-2H3,(H,20,22)/t12-,27?/m0/s1. The summed E-state index contributed by atoms with van der Waals surface area (Å²) in [7, 11) is -3.91. The normalized spacial score (nSPS) is 14.7. The fourth-order valence-electron chi connectivity index (χ4n) is 1.88. The Morgan fingerprint density at radius 3 is 2.41 bits per heavy atom. The maximum atomic E-state index is 13.0. The van der Waals surface area contributed by atoms with E-state index < -0.39 is 38.3 Å². The molecule has 1 rings (SSSR count). The van der Waals surface area contributed by atoms with Crippen molar-refractivity contribution in [3.63, 3.8) is 0 Å². The molecule has 27 heavy (non-hydrogen) atoms. The number of rotatable bonds is 10. The summed E-state index contributed by atoms with van der Waals surface area (Å²) < 4.78 is 64.8. The van der Waals surface area contributed by atoms with E-state index in [2.05, 4.69) is 0 Å². The number of alkyl halides is 3. The van der Waals surface area contributed by atoms with Crippen LogP contribution < -0.4 is 9.84 Å². The van der Waals surface area contributed by atoms with E-state index in [1.54, 1.807) is 30.4 Å². The smallest absolute Gasteiger partial charge is 0.464 e. The van der Waals surface area contributed by atoms with Gasteiger partial charge in [-0.3, -0.25) is 9.32 Å². The molecule has 2 atom stereocenters. The van der Waals surface area contributed by atoms with Gasteiger partial charge in [-0.2, -0.15) is 13.2 Å². The first-order chi connectivity index (χ1) is 12.6. The number of esters is 1. The van der Waals surface area contributed by atoms with Crippen LogP contribution in [0.3, 0.4) is 0 Å². The first kappa shape index (κ1) is 23.0. The van der Waals surface area contributed by atoms with Crippen LogP contribution in [-0.2, 0) is 23.4 Å². The Bertz CT molecular complexity index is 668. The highest BCUT2D eigenvalue weighted by Gasteiger charge is 2.38. The number of nitrogens with one attached hydrogen (secondary N) is 1. The van der Waals surface area contributed by atoms with Crippen molar-refractivity contribution in [3.05, 3.63) is 30.3 Å².